The number of nitrogens with one attached hydrogen (secondary N) is 1. The summed E-state index contributed by atoms with van der Waals surface area (Å²) >= 11 is 0. The number of hydrogen-bond donors (Lipinski definition) is 2. The number of likely N-dealkylation sites (tertiary alicyclic amines) is 1. The summed E-state index contributed by atoms with van der Waals surface area (Å²) in [6.45, 7) is 12.7. The molecule has 2 N–H and O–H groups in total. The van der Waals surface area contributed by atoms with Gasteiger partial charge in [-0.3, -0.25) is 4.90 Å². The van der Waals surface area contributed by atoms with Crippen LogP contribution in [-0.2, 0) is 0 Å². The smallest absolute Gasteiger partial charge is 0.413 e. The molecule has 3 aromatic rings. The molecule has 2 heterocycles. The molecule has 0 saturated carbocycles. The van der Waals surface area contributed by atoms with Gasteiger partial charge in [-0.2, -0.15) is 4.98 Å². The van der Waals surface area contributed by atoms with Crippen LogP contribution in [0.3, 0.4) is 0 Å². The van der Waals surface area contributed by atoms with Crippen LogP contribution >= 0.6 is 0 Å². The number of ether oxygens (including phenoxy) is 2. The van der Waals surface area contributed by atoms with E-state index in [2.05, 4.69) is 42.9 Å². The zero-order valence-corrected chi connectivity index (χ0v) is 26.9. The van der Waals surface area contributed by atoms with Gasteiger partial charge in [0.25, 0.3) is 0 Å². The van der Waals surface area contributed by atoms with Gasteiger partial charge in [0.2, 0.25) is 5.95 Å². The highest BCUT2D eigenvalue weighted by atomic mass is 16.5. The number of hydrogen-bond acceptors (Lipinski definition) is 7. The Morgan fingerprint density at radius 2 is 1.80 bits per heavy atom. The van der Waals surface area contributed by atoms with E-state index in [1.54, 1.807) is 19.4 Å². The number of benzene rings is 2. The minimum absolute atomic E-state index is 0.0262. The number of carboxylic acid groups (broad SMARTS) is 1. The highest BCUT2D eigenvalue weighted by Crippen LogP contribution is 2.42. The summed E-state index contributed by atoms with van der Waals surface area (Å²) in [5, 5.41) is 13.9. The van der Waals surface area contributed by atoms with Gasteiger partial charge in [-0.1, -0.05) is 58.7 Å². The van der Waals surface area contributed by atoms with Crippen molar-refractivity contribution in [1.82, 2.24) is 14.9 Å². The summed E-state index contributed by atoms with van der Waals surface area (Å²) in [5.41, 5.74) is 1.63. The fourth-order valence-electron chi connectivity index (χ4n) is 6.33. The van der Waals surface area contributed by atoms with Crippen molar-refractivity contribution < 1.29 is 19.4 Å². The molecule has 4 rings (SSSR count). The quantitative estimate of drug-likeness (QED) is 0.168. The average Bonchev–Trinajstić information content (AvgIpc) is 3.03. The maximum Gasteiger partial charge on any atom is 0.413 e. The Labute approximate surface area is 262 Å². The molecule has 9 nitrogen and oxygen atoms in total. The first-order valence-corrected chi connectivity index (χ1v) is 16.0. The van der Waals surface area contributed by atoms with Gasteiger partial charge in [0.05, 0.1) is 19.8 Å². The Hall–Kier alpha value is -3.85. The lowest BCUT2D eigenvalue weighted by molar-refractivity contribution is 0.176. The summed E-state index contributed by atoms with van der Waals surface area (Å²) in [4.78, 5) is 26.1. The van der Waals surface area contributed by atoms with E-state index in [4.69, 9.17) is 14.5 Å². The Balaban J connectivity index is 1.56. The van der Waals surface area contributed by atoms with E-state index in [0.29, 0.717) is 24.1 Å². The first kappa shape index (κ1) is 33.1. The first-order chi connectivity index (χ1) is 21.3. The molecular weight excluding hydrogens is 554 g/mol. The summed E-state index contributed by atoms with van der Waals surface area (Å²) in [6, 6.07) is 16.6. The van der Waals surface area contributed by atoms with Crippen molar-refractivity contribution in [2.45, 2.75) is 65.8 Å². The molecule has 1 amide bonds. The van der Waals surface area contributed by atoms with Crippen LogP contribution in [0.25, 0.3) is 0 Å². The molecule has 3 unspecified atom stereocenters. The van der Waals surface area contributed by atoms with Crippen molar-refractivity contribution in [1.29, 1.82) is 0 Å². The molecule has 1 aliphatic rings. The number of amides is 1. The van der Waals surface area contributed by atoms with E-state index < -0.39 is 12.1 Å². The number of rotatable bonds is 15. The van der Waals surface area contributed by atoms with E-state index >= 15 is 0 Å². The molecule has 3 atom stereocenters. The monoisotopic (exact) mass is 603 g/mol. The average molecular weight is 604 g/mol. The van der Waals surface area contributed by atoms with Crippen molar-refractivity contribution in [2.75, 3.05) is 43.6 Å². The van der Waals surface area contributed by atoms with Crippen molar-refractivity contribution >= 4 is 23.5 Å². The Morgan fingerprint density at radius 1 is 1.05 bits per heavy atom. The summed E-state index contributed by atoms with van der Waals surface area (Å²) in [7, 11) is 1.62. The van der Waals surface area contributed by atoms with Crippen molar-refractivity contribution in [3.63, 3.8) is 0 Å². The standard InChI is InChI=1S/C35H49N5O4/c1-6-26(4)32(25(2)3)33(27-13-10-15-29(23-27)43-5)40(35(41)42)31-17-18-36-34(38-31)37-28-14-11-16-30(24-28)44-22-12-21-39-19-8-7-9-20-39/h10-11,13-18,23-26,32-33H,6-9,12,19-22H2,1-5H3,(H,41,42)(H,36,37,38). The fourth-order valence-corrected chi connectivity index (χ4v) is 6.33. The first-order valence-electron chi connectivity index (χ1n) is 16.0. The van der Waals surface area contributed by atoms with Gasteiger partial charge in [-0.05, 0) is 86.0 Å². The minimum Gasteiger partial charge on any atom is -0.497 e. The number of anilines is 3. The van der Waals surface area contributed by atoms with Gasteiger partial charge in [-0.25, -0.2) is 9.78 Å². The maximum absolute atomic E-state index is 13.0. The molecular formula is C35H49N5O4. The van der Waals surface area contributed by atoms with Gasteiger partial charge in [0.1, 0.15) is 17.3 Å². The van der Waals surface area contributed by atoms with Crippen LogP contribution in [0.2, 0.25) is 0 Å². The second kappa shape index (κ2) is 16.3. The molecule has 0 aliphatic carbocycles. The van der Waals surface area contributed by atoms with Gasteiger partial charge >= 0.3 is 6.09 Å². The van der Waals surface area contributed by atoms with E-state index in [1.807, 2.05) is 48.5 Å². The van der Waals surface area contributed by atoms with Crippen LogP contribution in [0.1, 0.15) is 71.4 Å². The molecule has 44 heavy (non-hydrogen) atoms. The number of carbonyl (C=O) groups is 1. The van der Waals surface area contributed by atoms with Crippen LogP contribution in [0, 0.1) is 17.8 Å². The largest absolute Gasteiger partial charge is 0.497 e. The molecule has 0 spiro atoms. The van der Waals surface area contributed by atoms with Crippen molar-refractivity contribution in [2.24, 2.45) is 17.8 Å². The van der Waals surface area contributed by atoms with E-state index in [1.165, 1.54) is 37.3 Å². The third-order valence-electron chi connectivity index (χ3n) is 8.67. The molecule has 9 heteroatoms. The summed E-state index contributed by atoms with van der Waals surface area (Å²) in [6.07, 6.45) is 6.35. The molecule has 1 aromatic heterocycles. The number of aromatic nitrogens is 2. The topological polar surface area (TPSA) is 100 Å². The molecule has 0 bridgehead atoms. The molecule has 1 saturated heterocycles. The lowest BCUT2D eigenvalue weighted by Crippen LogP contribution is -2.42. The second-order valence-electron chi connectivity index (χ2n) is 12.1. The predicted octanol–water partition coefficient (Wildman–Crippen LogP) is 8.03. The highest BCUT2D eigenvalue weighted by Gasteiger charge is 2.38. The van der Waals surface area contributed by atoms with E-state index in [-0.39, 0.29) is 17.8 Å². The van der Waals surface area contributed by atoms with Crippen LogP contribution in [0.4, 0.5) is 22.2 Å². The normalized spacial score (nSPS) is 15.8. The lowest BCUT2D eigenvalue weighted by Gasteiger charge is -2.40. The van der Waals surface area contributed by atoms with Gasteiger partial charge < -0.3 is 24.8 Å². The summed E-state index contributed by atoms with van der Waals surface area (Å²) in [5.74, 6) is 2.57. The van der Waals surface area contributed by atoms with Crippen LogP contribution in [0.5, 0.6) is 11.5 Å². The minimum atomic E-state index is -1.07. The zero-order chi connectivity index (χ0) is 31.5. The Kier molecular flexibility index (Phi) is 12.2. The molecule has 0 radical (unpaired) electrons. The van der Waals surface area contributed by atoms with Crippen LogP contribution < -0.4 is 19.7 Å². The van der Waals surface area contributed by atoms with Crippen molar-refractivity contribution in [3.05, 3.63) is 66.4 Å². The molecule has 238 valence electrons. The highest BCUT2D eigenvalue weighted by molar-refractivity contribution is 5.86. The third kappa shape index (κ3) is 8.85. The van der Waals surface area contributed by atoms with Gasteiger partial charge in [-0.15, -0.1) is 0 Å². The maximum atomic E-state index is 13.0. The number of piperidine rings is 1. The predicted molar refractivity (Wildman–Crippen MR) is 176 cm³/mol. The second-order valence-corrected chi connectivity index (χ2v) is 12.1. The van der Waals surface area contributed by atoms with Gasteiger partial charge in [0.15, 0.2) is 0 Å². The van der Waals surface area contributed by atoms with E-state index in [9.17, 15) is 9.90 Å². The zero-order valence-electron chi connectivity index (χ0n) is 26.9. The third-order valence-corrected chi connectivity index (χ3v) is 8.67. The molecule has 1 aliphatic heterocycles. The Morgan fingerprint density at radius 3 is 2.50 bits per heavy atom. The van der Waals surface area contributed by atoms with Crippen molar-refractivity contribution in [3.8, 4) is 11.5 Å². The summed E-state index contributed by atoms with van der Waals surface area (Å²) < 4.78 is 11.6. The molecule has 1 fully saturated rings. The molecule has 2 aromatic carbocycles. The van der Waals surface area contributed by atoms with E-state index in [0.717, 1.165) is 36.4 Å². The Bertz CT molecular complexity index is 1330. The SMILES string of the molecule is CCC(C)C(C(C)C)C(c1cccc(OC)c1)N(C(=O)O)c1ccnc(Nc2cccc(OCCCN3CCCCC3)c2)n1. The number of nitrogens with zero attached hydrogens (tertiary/aromatic N) is 4. The fraction of sp³-hybridized carbons (Fsp3) is 0.514. The van der Waals surface area contributed by atoms with Crippen LogP contribution in [0.15, 0.2) is 60.8 Å². The van der Waals surface area contributed by atoms with Crippen LogP contribution in [-0.4, -0.2) is 59.4 Å². The van der Waals surface area contributed by atoms with Gasteiger partial charge in [0, 0.05) is 24.5 Å². The lowest BCUT2D eigenvalue weighted by atomic mass is 9.74. The number of methoxy groups -OCH3 is 1.